The molecular weight excluding hydrogens is 112 g/mol. The minimum atomic E-state index is 0. The lowest BCUT2D eigenvalue weighted by Crippen LogP contribution is -2.22. The van der Waals surface area contributed by atoms with E-state index in [9.17, 15) is 0 Å². The Labute approximate surface area is 50.1 Å². The molecule has 0 aliphatic heterocycles. The predicted octanol–water partition coefficient (Wildman–Crippen LogP) is 0.373. The molecule has 0 fully saturated rings. The molecule has 0 saturated carbocycles. The zero-order chi connectivity index (χ0) is 4.41. The molecule has 0 atom stereocenters. The van der Waals surface area contributed by atoms with Gasteiger partial charge in [0.15, 0.2) is 0 Å². The first kappa shape index (κ1) is 6.50. The molecule has 0 radical (unpaired) electrons. The molecule has 0 aliphatic rings. The van der Waals surface area contributed by atoms with Gasteiger partial charge in [0, 0.05) is 0 Å². The molecule has 0 aromatic carbocycles. The summed E-state index contributed by atoms with van der Waals surface area (Å²) in [6.45, 7) is 0. The Hall–Kier alpha value is -0.500. The molecule has 0 amide bonds. The molecule has 1 N–H and O–H groups in total. The standard InChI is InChI=1S/C4H6N2.ClH.H/c1-6-3-2-5-4-6;;/h2-4H,1H3;1H;/q;;-1/p+1. The van der Waals surface area contributed by atoms with Crippen LogP contribution in [0.5, 0.6) is 0 Å². The second-order valence-corrected chi connectivity index (χ2v) is 1.28. The number of H-pyrrole nitrogens is 1. The van der Waals surface area contributed by atoms with Gasteiger partial charge >= 0.3 is 0 Å². The molecular formula is C4H9ClN2. The highest BCUT2D eigenvalue weighted by Gasteiger charge is 1.78. The van der Waals surface area contributed by atoms with Crippen molar-refractivity contribution in [3.8, 4) is 0 Å². The molecule has 42 valence electrons. The first-order valence-corrected chi connectivity index (χ1v) is 1.87. The van der Waals surface area contributed by atoms with Gasteiger partial charge in [-0.2, -0.15) is 0 Å². The summed E-state index contributed by atoms with van der Waals surface area (Å²) >= 11 is 0. The van der Waals surface area contributed by atoms with E-state index < -0.39 is 0 Å². The van der Waals surface area contributed by atoms with Crippen LogP contribution in [-0.2, 0) is 7.05 Å². The lowest BCUT2D eigenvalue weighted by atomic mass is 10.9. The summed E-state index contributed by atoms with van der Waals surface area (Å²) in [5.74, 6) is 0. The summed E-state index contributed by atoms with van der Waals surface area (Å²) in [5.41, 5.74) is 0. The van der Waals surface area contributed by atoms with E-state index in [1.165, 1.54) is 0 Å². The highest BCUT2D eigenvalue weighted by atomic mass is 35.5. The van der Waals surface area contributed by atoms with Gasteiger partial charge in [-0.05, 0) is 0 Å². The highest BCUT2D eigenvalue weighted by molar-refractivity contribution is 5.85. The molecule has 3 heteroatoms. The molecule has 0 bridgehead atoms. The van der Waals surface area contributed by atoms with E-state index >= 15 is 0 Å². The van der Waals surface area contributed by atoms with E-state index in [1.54, 1.807) is 0 Å². The number of nitrogens with zero attached hydrogens (tertiary/aromatic N) is 1. The average molecular weight is 121 g/mol. The van der Waals surface area contributed by atoms with Crippen LogP contribution < -0.4 is 4.57 Å². The SMILES string of the molecule is C[n+]1cc[nH]c1.Cl.[H-]. The number of aromatic nitrogens is 2. The topological polar surface area (TPSA) is 19.7 Å². The Balaban J connectivity index is 0. The zero-order valence-electron chi connectivity index (χ0n) is 5.09. The van der Waals surface area contributed by atoms with Crippen molar-refractivity contribution in [1.29, 1.82) is 0 Å². The van der Waals surface area contributed by atoms with Gasteiger partial charge in [-0.3, -0.25) is 4.98 Å². The molecule has 0 aliphatic carbocycles. The van der Waals surface area contributed by atoms with Gasteiger partial charge in [-0.15, -0.1) is 12.4 Å². The number of imidazole rings is 1. The summed E-state index contributed by atoms with van der Waals surface area (Å²) in [5, 5.41) is 0. The molecule has 1 rings (SSSR count). The van der Waals surface area contributed by atoms with Crippen LogP contribution in [0.4, 0.5) is 0 Å². The number of hydrogen-bond acceptors (Lipinski definition) is 0. The summed E-state index contributed by atoms with van der Waals surface area (Å²) < 4.78 is 1.94. The van der Waals surface area contributed by atoms with Crippen molar-refractivity contribution >= 4 is 12.4 Å². The Kier molecular flexibility index (Phi) is 2.45. The van der Waals surface area contributed by atoms with E-state index in [0.29, 0.717) is 0 Å². The molecule has 0 saturated heterocycles. The minimum Gasteiger partial charge on any atom is -1.00 e. The number of aryl methyl sites for hydroxylation is 1. The zero-order valence-corrected chi connectivity index (χ0v) is 4.90. The number of hydrogen-bond donors (Lipinski definition) is 1. The average Bonchev–Trinajstić information content (AvgIpc) is 1.86. The molecule has 0 spiro atoms. The third kappa shape index (κ3) is 1.59. The van der Waals surface area contributed by atoms with Gasteiger partial charge in [-0.1, -0.05) is 0 Å². The van der Waals surface area contributed by atoms with Crippen LogP contribution in [0, 0.1) is 0 Å². The maximum Gasteiger partial charge on any atom is 0.241 e. The van der Waals surface area contributed by atoms with Gasteiger partial charge in [-0.25, -0.2) is 4.57 Å². The fourth-order valence-corrected chi connectivity index (χ4v) is 0.364. The summed E-state index contributed by atoms with van der Waals surface area (Å²) in [6, 6.07) is 0. The van der Waals surface area contributed by atoms with Crippen molar-refractivity contribution in [2.75, 3.05) is 0 Å². The number of halogens is 1. The number of nitrogens with one attached hydrogen (secondary N) is 1. The van der Waals surface area contributed by atoms with Crippen LogP contribution in [0.25, 0.3) is 0 Å². The van der Waals surface area contributed by atoms with Gasteiger partial charge in [0.1, 0.15) is 12.4 Å². The predicted molar refractivity (Wildman–Crippen MR) is 30.3 cm³/mol. The molecule has 2 nitrogen and oxygen atoms in total. The van der Waals surface area contributed by atoms with Crippen molar-refractivity contribution in [2.24, 2.45) is 7.05 Å². The molecule has 7 heavy (non-hydrogen) atoms. The Morgan fingerprint density at radius 2 is 2.43 bits per heavy atom. The van der Waals surface area contributed by atoms with E-state index in [4.69, 9.17) is 0 Å². The van der Waals surface area contributed by atoms with Crippen molar-refractivity contribution < 1.29 is 5.99 Å². The van der Waals surface area contributed by atoms with Crippen LogP contribution >= 0.6 is 12.4 Å². The Bertz CT molecular complexity index is 118. The fourth-order valence-electron chi connectivity index (χ4n) is 0.364. The van der Waals surface area contributed by atoms with E-state index in [2.05, 4.69) is 4.98 Å². The molecule has 1 aromatic rings. The first-order chi connectivity index (χ1) is 2.89. The van der Waals surface area contributed by atoms with Crippen molar-refractivity contribution in [2.45, 2.75) is 0 Å². The van der Waals surface area contributed by atoms with Crippen molar-refractivity contribution in [3.05, 3.63) is 18.7 Å². The first-order valence-electron chi connectivity index (χ1n) is 1.87. The van der Waals surface area contributed by atoms with Gasteiger partial charge in [0.25, 0.3) is 0 Å². The second kappa shape index (κ2) is 2.64. The summed E-state index contributed by atoms with van der Waals surface area (Å²) in [4.78, 5) is 2.89. The smallest absolute Gasteiger partial charge is 0.241 e. The van der Waals surface area contributed by atoms with Crippen LogP contribution in [0.15, 0.2) is 18.7 Å². The largest absolute Gasteiger partial charge is 1.00 e. The van der Waals surface area contributed by atoms with E-state index in [1.807, 2.05) is 30.3 Å². The van der Waals surface area contributed by atoms with Gasteiger partial charge in [0.2, 0.25) is 6.33 Å². The van der Waals surface area contributed by atoms with Crippen LogP contribution in [0.2, 0.25) is 0 Å². The number of rotatable bonds is 0. The molecule has 1 heterocycles. The molecule has 0 unspecified atom stereocenters. The minimum absolute atomic E-state index is 0. The second-order valence-electron chi connectivity index (χ2n) is 1.28. The molecule has 1 aromatic heterocycles. The lowest BCUT2D eigenvalue weighted by molar-refractivity contribution is -0.670. The van der Waals surface area contributed by atoms with E-state index in [-0.39, 0.29) is 13.8 Å². The quantitative estimate of drug-likeness (QED) is 0.478. The third-order valence-electron chi connectivity index (χ3n) is 0.684. The monoisotopic (exact) mass is 120 g/mol. The maximum atomic E-state index is 2.89. The Morgan fingerprint density at radius 1 is 1.71 bits per heavy atom. The number of aromatic amines is 1. The van der Waals surface area contributed by atoms with Gasteiger partial charge < -0.3 is 1.43 Å². The summed E-state index contributed by atoms with van der Waals surface area (Å²) in [6.07, 6.45) is 5.69. The van der Waals surface area contributed by atoms with E-state index in [0.717, 1.165) is 0 Å². The van der Waals surface area contributed by atoms with Crippen LogP contribution in [0.3, 0.4) is 0 Å². The normalized spacial score (nSPS) is 7.57. The van der Waals surface area contributed by atoms with Crippen LogP contribution in [0.1, 0.15) is 1.43 Å². The Morgan fingerprint density at radius 3 is 2.57 bits per heavy atom. The van der Waals surface area contributed by atoms with Crippen molar-refractivity contribution in [3.63, 3.8) is 0 Å². The lowest BCUT2D eigenvalue weighted by Gasteiger charge is -1.66. The third-order valence-corrected chi connectivity index (χ3v) is 0.684. The van der Waals surface area contributed by atoms with Crippen molar-refractivity contribution in [1.82, 2.24) is 4.98 Å². The maximum absolute atomic E-state index is 2.89. The van der Waals surface area contributed by atoms with Crippen LogP contribution in [-0.4, -0.2) is 4.98 Å². The fraction of sp³-hybridized carbons (Fsp3) is 0.250. The highest BCUT2D eigenvalue weighted by Crippen LogP contribution is 1.59. The van der Waals surface area contributed by atoms with Gasteiger partial charge in [0.05, 0.1) is 7.05 Å². The summed E-state index contributed by atoms with van der Waals surface area (Å²) in [7, 11) is 1.97.